The highest BCUT2D eigenvalue weighted by molar-refractivity contribution is 5.14. The fourth-order valence-corrected chi connectivity index (χ4v) is 0.299. The highest BCUT2D eigenvalue weighted by Gasteiger charge is 2.43. The monoisotopic (exact) mass is 194 g/mol. The Morgan fingerprint density at radius 2 is 1.33 bits per heavy atom. The van der Waals surface area contributed by atoms with Gasteiger partial charge >= 0.3 is 12.2 Å². The van der Waals surface area contributed by atoms with E-state index in [1.807, 2.05) is 0 Å². The third kappa shape index (κ3) is 2.61. The molecule has 72 valence electrons. The van der Waals surface area contributed by atoms with Crippen molar-refractivity contribution in [3.63, 3.8) is 0 Å². The van der Waals surface area contributed by atoms with Gasteiger partial charge in [0.1, 0.15) is 5.70 Å². The molecule has 0 aromatic rings. The predicted octanol–water partition coefficient (Wildman–Crippen LogP) is 1.24. The number of hydrogen-bond acceptors (Lipinski definition) is 2. The molecule has 0 atom stereocenters. The topological polar surface area (TPSA) is 52.0 Å². The van der Waals surface area contributed by atoms with Gasteiger partial charge in [-0.05, 0) is 0 Å². The zero-order chi connectivity index (χ0) is 10.2. The van der Waals surface area contributed by atoms with Gasteiger partial charge < -0.3 is 5.73 Å². The summed E-state index contributed by atoms with van der Waals surface area (Å²) in [7, 11) is 0. The maximum atomic E-state index is 11.9. The lowest BCUT2D eigenvalue weighted by atomic mass is 10.3. The zero-order valence-electron chi connectivity index (χ0n) is 5.42. The van der Waals surface area contributed by atoms with E-state index in [0.29, 0.717) is 0 Å². The van der Waals surface area contributed by atoms with Crippen LogP contribution in [0, 0.1) is 0 Å². The van der Waals surface area contributed by atoms with E-state index in [1.54, 1.807) is 0 Å². The van der Waals surface area contributed by atoms with Crippen molar-refractivity contribution in [2.75, 3.05) is 0 Å². The van der Waals surface area contributed by atoms with Crippen molar-refractivity contribution in [1.82, 2.24) is 0 Å². The van der Waals surface area contributed by atoms with Crippen molar-refractivity contribution in [3.05, 3.63) is 11.5 Å². The number of hydrogen-bond donors (Lipinski definition) is 2. The van der Waals surface area contributed by atoms with E-state index < -0.39 is 23.7 Å². The third-order valence-corrected chi connectivity index (χ3v) is 0.844. The maximum absolute atomic E-state index is 11.9. The second kappa shape index (κ2) is 2.85. The fourth-order valence-electron chi connectivity index (χ4n) is 0.299. The van der Waals surface area contributed by atoms with E-state index in [4.69, 9.17) is 0 Å². The summed E-state index contributed by atoms with van der Waals surface area (Å²) in [5.74, 6) is -3.07. The Kier molecular flexibility index (Phi) is 2.63. The Balaban J connectivity index is 4.96. The molecule has 0 unspecified atom stereocenters. The number of halogens is 6. The van der Waals surface area contributed by atoms with E-state index in [-0.39, 0.29) is 0 Å². The number of rotatable bonds is 1. The summed E-state index contributed by atoms with van der Waals surface area (Å²) in [5, 5.41) is 0. The molecule has 0 spiro atoms. The summed E-state index contributed by atoms with van der Waals surface area (Å²) in [5.41, 5.74) is 5.59. The summed E-state index contributed by atoms with van der Waals surface area (Å²) in [4.78, 5) is 0. The van der Waals surface area contributed by atoms with Crippen LogP contribution in [0.1, 0.15) is 0 Å². The van der Waals surface area contributed by atoms with Crippen molar-refractivity contribution in [2.24, 2.45) is 11.5 Å². The van der Waals surface area contributed by atoms with Gasteiger partial charge in [0.25, 0.3) is 0 Å². The van der Waals surface area contributed by atoms with Crippen LogP contribution in [0.5, 0.6) is 0 Å². The third-order valence-electron chi connectivity index (χ3n) is 0.844. The molecule has 8 heteroatoms. The van der Waals surface area contributed by atoms with E-state index >= 15 is 0 Å². The van der Waals surface area contributed by atoms with Crippen molar-refractivity contribution in [2.45, 2.75) is 12.2 Å². The van der Waals surface area contributed by atoms with Gasteiger partial charge in [-0.25, -0.2) is 0 Å². The van der Waals surface area contributed by atoms with E-state index in [1.165, 1.54) is 0 Å². The molecular weight excluding hydrogens is 190 g/mol. The lowest BCUT2D eigenvalue weighted by Gasteiger charge is -2.12. The lowest BCUT2D eigenvalue weighted by Crippen LogP contribution is -2.37. The Labute approximate surface area is 62.8 Å². The van der Waals surface area contributed by atoms with Crippen molar-refractivity contribution in [3.8, 4) is 0 Å². The summed E-state index contributed by atoms with van der Waals surface area (Å²) in [6.45, 7) is 0. The molecule has 4 N–H and O–H groups in total. The minimum atomic E-state index is -5.53. The van der Waals surface area contributed by atoms with Crippen LogP contribution in [-0.2, 0) is 0 Å². The molecule has 0 rings (SSSR count). The first-order valence-corrected chi connectivity index (χ1v) is 2.46. The van der Waals surface area contributed by atoms with Gasteiger partial charge in [-0.1, -0.05) is 0 Å². The quantitative estimate of drug-likeness (QED) is 0.487. The zero-order valence-corrected chi connectivity index (χ0v) is 5.42. The molecule has 0 heterocycles. The first-order chi connectivity index (χ1) is 5.07. The molecule has 0 aromatic heterocycles. The molecule has 0 fully saturated rings. The minimum Gasteiger partial charge on any atom is -0.394 e. The van der Waals surface area contributed by atoms with Gasteiger partial charge in [-0.2, -0.15) is 26.3 Å². The summed E-state index contributed by atoms with van der Waals surface area (Å²) >= 11 is 0. The van der Waals surface area contributed by atoms with Crippen LogP contribution in [0.15, 0.2) is 11.5 Å². The Bertz CT molecular complexity index is 177. The number of allylic oxidation sites excluding steroid dienone is 1. The maximum Gasteiger partial charge on any atom is 0.444 e. The molecule has 0 saturated heterocycles. The van der Waals surface area contributed by atoms with E-state index in [9.17, 15) is 26.3 Å². The normalized spacial score (nSPS) is 15.9. The van der Waals surface area contributed by atoms with Gasteiger partial charge in [-0.3, -0.25) is 5.73 Å². The van der Waals surface area contributed by atoms with Gasteiger partial charge in [0.15, 0.2) is 0 Å². The van der Waals surface area contributed by atoms with Gasteiger partial charge in [0.2, 0.25) is 5.83 Å². The molecule has 0 radical (unpaired) electrons. The molecule has 0 saturated carbocycles. The summed E-state index contributed by atoms with van der Waals surface area (Å²) < 4.78 is 69.4. The molecule has 2 nitrogen and oxygen atoms in total. The van der Waals surface area contributed by atoms with Crippen LogP contribution < -0.4 is 11.5 Å². The van der Waals surface area contributed by atoms with Crippen LogP contribution >= 0.6 is 0 Å². The van der Waals surface area contributed by atoms with Gasteiger partial charge in [0.05, 0.1) is 0 Å². The standard InChI is InChI=1S/C4H4F6N2/c5-1(3(6,7)8)2(11)4(9,10)12/h11-12H2. The molecule has 0 aliphatic rings. The SMILES string of the molecule is NC(=C(F)C(F)(F)F)C(N)(F)F. The van der Waals surface area contributed by atoms with Crippen molar-refractivity contribution in [1.29, 1.82) is 0 Å². The predicted molar refractivity (Wildman–Crippen MR) is 27.5 cm³/mol. The second-order valence-electron chi connectivity index (χ2n) is 1.85. The summed E-state index contributed by atoms with van der Waals surface area (Å²) in [6.07, 6.45) is -5.53. The van der Waals surface area contributed by atoms with Crippen molar-refractivity contribution >= 4 is 0 Å². The Hall–Kier alpha value is -0.920. The highest BCUT2D eigenvalue weighted by Crippen LogP contribution is 2.31. The van der Waals surface area contributed by atoms with E-state index in [2.05, 4.69) is 11.5 Å². The average Bonchev–Trinajstić information content (AvgIpc) is 1.80. The Morgan fingerprint density at radius 3 is 1.42 bits per heavy atom. The van der Waals surface area contributed by atoms with Crippen LogP contribution in [0.4, 0.5) is 26.3 Å². The molecule has 0 aromatic carbocycles. The van der Waals surface area contributed by atoms with Crippen LogP contribution in [-0.4, -0.2) is 12.2 Å². The highest BCUT2D eigenvalue weighted by atomic mass is 19.4. The minimum absolute atomic E-state index is 2.32. The van der Waals surface area contributed by atoms with Crippen LogP contribution in [0.2, 0.25) is 0 Å². The van der Waals surface area contributed by atoms with Crippen molar-refractivity contribution < 1.29 is 26.3 Å². The molecular formula is C4H4F6N2. The fraction of sp³-hybridized carbons (Fsp3) is 0.500. The first-order valence-electron chi connectivity index (χ1n) is 2.46. The van der Waals surface area contributed by atoms with Crippen LogP contribution in [0.25, 0.3) is 0 Å². The largest absolute Gasteiger partial charge is 0.444 e. The van der Waals surface area contributed by atoms with Gasteiger partial charge in [0, 0.05) is 0 Å². The number of nitrogens with two attached hydrogens (primary N) is 2. The second-order valence-corrected chi connectivity index (χ2v) is 1.85. The van der Waals surface area contributed by atoms with Crippen LogP contribution in [0.3, 0.4) is 0 Å². The summed E-state index contributed by atoms with van der Waals surface area (Å²) in [6, 6.07) is -4.50. The molecule has 0 bridgehead atoms. The lowest BCUT2D eigenvalue weighted by molar-refractivity contribution is -0.113. The smallest absolute Gasteiger partial charge is 0.394 e. The van der Waals surface area contributed by atoms with Gasteiger partial charge in [-0.15, -0.1) is 0 Å². The average molecular weight is 194 g/mol. The molecule has 0 amide bonds. The van der Waals surface area contributed by atoms with E-state index in [0.717, 1.165) is 0 Å². The Morgan fingerprint density at radius 1 is 1.00 bits per heavy atom. The molecule has 0 aliphatic heterocycles. The molecule has 12 heavy (non-hydrogen) atoms. The molecule has 0 aliphatic carbocycles. The number of alkyl halides is 5. The first kappa shape index (κ1) is 11.1.